The number of aromatic nitrogens is 3. The summed E-state index contributed by atoms with van der Waals surface area (Å²) in [6.07, 6.45) is 3.71. The van der Waals surface area contributed by atoms with Crippen LogP contribution in [0.3, 0.4) is 0 Å². The number of rotatable bonds is 4. The molecule has 4 aromatic rings. The molecule has 1 aliphatic heterocycles. The number of pyridine rings is 1. The molecule has 0 aliphatic carbocycles. The standard InChI is InChI=1S/C24H21N5O2/c1-29(2)22-9-5-15(13-25-22)23-17-7-4-14(11-21(17)27-28-23)10-19-18-12-16(31-3)6-8-20(18)26-24(19)30/h4-13H,1-3H3,(H,26,30)(H,27,28). The van der Waals surface area contributed by atoms with Gasteiger partial charge in [0.05, 0.1) is 12.6 Å². The van der Waals surface area contributed by atoms with Crippen LogP contribution in [0.25, 0.3) is 33.8 Å². The van der Waals surface area contributed by atoms with Crippen LogP contribution in [-0.2, 0) is 4.79 Å². The molecule has 3 heterocycles. The second-order valence-electron chi connectivity index (χ2n) is 7.60. The number of carbonyl (C=O) groups excluding carboxylic acids is 1. The van der Waals surface area contributed by atoms with Crippen LogP contribution in [0.15, 0.2) is 54.7 Å². The predicted octanol–water partition coefficient (Wildman–Crippen LogP) is 4.19. The van der Waals surface area contributed by atoms with Crippen molar-refractivity contribution in [2.45, 2.75) is 0 Å². The Kier molecular flexibility index (Phi) is 4.43. The highest BCUT2D eigenvalue weighted by molar-refractivity contribution is 6.35. The van der Waals surface area contributed by atoms with E-state index in [0.29, 0.717) is 11.3 Å². The maximum atomic E-state index is 12.5. The minimum absolute atomic E-state index is 0.124. The van der Waals surface area contributed by atoms with Gasteiger partial charge in [0.2, 0.25) is 0 Å². The third-order valence-electron chi connectivity index (χ3n) is 5.39. The van der Waals surface area contributed by atoms with Crippen LogP contribution in [0.5, 0.6) is 5.75 Å². The Morgan fingerprint density at radius 3 is 2.68 bits per heavy atom. The van der Waals surface area contributed by atoms with Gasteiger partial charge in [-0.3, -0.25) is 9.89 Å². The molecular weight excluding hydrogens is 390 g/mol. The molecule has 0 saturated carbocycles. The van der Waals surface area contributed by atoms with Gasteiger partial charge in [-0.1, -0.05) is 6.07 Å². The molecule has 1 amide bonds. The van der Waals surface area contributed by atoms with E-state index >= 15 is 0 Å². The zero-order valence-corrected chi connectivity index (χ0v) is 17.4. The summed E-state index contributed by atoms with van der Waals surface area (Å²) in [6.45, 7) is 0. The molecule has 2 aromatic carbocycles. The molecule has 0 atom stereocenters. The molecule has 0 spiro atoms. The number of anilines is 2. The quantitative estimate of drug-likeness (QED) is 0.492. The van der Waals surface area contributed by atoms with Crippen LogP contribution >= 0.6 is 0 Å². The first kappa shape index (κ1) is 18.9. The van der Waals surface area contributed by atoms with Crippen LogP contribution in [-0.4, -0.2) is 42.3 Å². The monoisotopic (exact) mass is 411 g/mol. The average molecular weight is 411 g/mol. The normalized spacial score (nSPS) is 14.0. The number of nitrogens with zero attached hydrogens (tertiary/aromatic N) is 3. The summed E-state index contributed by atoms with van der Waals surface area (Å²) in [5.74, 6) is 1.48. The number of benzene rings is 2. The number of fused-ring (bicyclic) bond motifs is 2. The predicted molar refractivity (Wildman–Crippen MR) is 123 cm³/mol. The highest BCUT2D eigenvalue weighted by Crippen LogP contribution is 2.36. The van der Waals surface area contributed by atoms with Crippen LogP contribution < -0.4 is 15.0 Å². The fraction of sp³-hybridized carbons (Fsp3) is 0.125. The van der Waals surface area contributed by atoms with Gasteiger partial charge in [-0.2, -0.15) is 5.10 Å². The van der Waals surface area contributed by atoms with Crippen molar-refractivity contribution in [2.75, 3.05) is 31.4 Å². The van der Waals surface area contributed by atoms with Crippen LogP contribution in [0.2, 0.25) is 0 Å². The minimum Gasteiger partial charge on any atom is -0.497 e. The number of hydrogen-bond acceptors (Lipinski definition) is 5. The molecule has 0 radical (unpaired) electrons. The Morgan fingerprint density at radius 2 is 1.94 bits per heavy atom. The summed E-state index contributed by atoms with van der Waals surface area (Å²) in [4.78, 5) is 18.9. The van der Waals surface area contributed by atoms with Gasteiger partial charge in [-0.25, -0.2) is 4.98 Å². The summed E-state index contributed by atoms with van der Waals surface area (Å²) >= 11 is 0. The van der Waals surface area contributed by atoms with Gasteiger partial charge >= 0.3 is 0 Å². The molecule has 31 heavy (non-hydrogen) atoms. The first-order valence-electron chi connectivity index (χ1n) is 9.87. The maximum Gasteiger partial charge on any atom is 0.256 e. The SMILES string of the molecule is COc1ccc2c(c1)C(=Cc1ccc3c(-c4ccc(N(C)C)nc4)n[nH]c3c1)C(=O)N2. The van der Waals surface area contributed by atoms with Crippen molar-refractivity contribution < 1.29 is 9.53 Å². The van der Waals surface area contributed by atoms with Gasteiger partial charge in [0.1, 0.15) is 17.3 Å². The van der Waals surface area contributed by atoms with Crippen molar-refractivity contribution in [1.82, 2.24) is 15.2 Å². The fourth-order valence-electron chi connectivity index (χ4n) is 3.74. The van der Waals surface area contributed by atoms with Crippen LogP contribution in [0.4, 0.5) is 11.5 Å². The summed E-state index contributed by atoms with van der Waals surface area (Å²) in [5, 5.41) is 11.5. The van der Waals surface area contributed by atoms with Crippen molar-refractivity contribution in [1.29, 1.82) is 0 Å². The van der Waals surface area contributed by atoms with E-state index in [-0.39, 0.29) is 5.91 Å². The Balaban J connectivity index is 1.52. The lowest BCUT2D eigenvalue weighted by atomic mass is 10.0. The molecular formula is C24H21N5O2. The first-order valence-corrected chi connectivity index (χ1v) is 9.87. The first-order chi connectivity index (χ1) is 15.0. The number of aromatic amines is 1. The molecule has 7 nitrogen and oxygen atoms in total. The van der Waals surface area contributed by atoms with E-state index in [9.17, 15) is 4.79 Å². The number of ether oxygens (including phenoxy) is 1. The van der Waals surface area contributed by atoms with Crippen LogP contribution in [0, 0.1) is 0 Å². The smallest absolute Gasteiger partial charge is 0.256 e. The van der Waals surface area contributed by atoms with E-state index in [0.717, 1.165) is 44.8 Å². The van der Waals surface area contributed by atoms with Crippen molar-refractivity contribution in [3.8, 4) is 17.0 Å². The van der Waals surface area contributed by atoms with E-state index < -0.39 is 0 Å². The number of nitrogens with one attached hydrogen (secondary N) is 2. The molecule has 7 heteroatoms. The van der Waals surface area contributed by atoms with Gasteiger partial charge in [0.15, 0.2) is 0 Å². The lowest BCUT2D eigenvalue weighted by Crippen LogP contribution is -2.09. The summed E-state index contributed by atoms with van der Waals surface area (Å²) in [7, 11) is 5.53. The summed E-state index contributed by atoms with van der Waals surface area (Å²) in [6, 6.07) is 15.5. The number of methoxy groups -OCH3 is 1. The van der Waals surface area contributed by atoms with Gasteiger partial charge in [0.25, 0.3) is 5.91 Å². The van der Waals surface area contributed by atoms with E-state index in [1.807, 2.05) is 79.8 Å². The lowest BCUT2D eigenvalue weighted by molar-refractivity contribution is -0.110. The highest BCUT2D eigenvalue weighted by atomic mass is 16.5. The van der Waals surface area contributed by atoms with Crippen molar-refractivity contribution >= 4 is 40.0 Å². The van der Waals surface area contributed by atoms with Gasteiger partial charge in [-0.05, 0) is 54.1 Å². The Hall–Kier alpha value is -4.13. The van der Waals surface area contributed by atoms with E-state index in [1.165, 1.54) is 0 Å². The summed E-state index contributed by atoms with van der Waals surface area (Å²) < 4.78 is 5.31. The summed E-state index contributed by atoms with van der Waals surface area (Å²) in [5.41, 5.74) is 5.82. The van der Waals surface area contributed by atoms with Crippen LogP contribution in [0.1, 0.15) is 11.1 Å². The molecule has 0 unspecified atom stereocenters. The molecule has 0 bridgehead atoms. The van der Waals surface area contributed by atoms with Gasteiger partial charge < -0.3 is 15.0 Å². The highest BCUT2D eigenvalue weighted by Gasteiger charge is 2.24. The zero-order valence-electron chi connectivity index (χ0n) is 17.4. The Labute approximate surface area is 179 Å². The molecule has 2 aromatic heterocycles. The fourth-order valence-corrected chi connectivity index (χ4v) is 3.74. The van der Waals surface area contributed by atoms with Gasteiger partial charge in [0, 0.05) is 48.1 Å². The molecule has 154 valence electrons. The Bertz CT molecular complexity index is 1340. The molecule has 5 rings (SSSR count). The van der Waals surface area contributed by atoms with E-state index in [4.69, 9.17) is 4.74 Å². The number of H-pyrrole nitrogens is 1. The second-order valence-corrected chi connectivity index (χ2v) is 7.60. The van der Waals surface area contributed by atoms with E-state index in [1.54, 1.807) is 7.11 Å². The third kappa shape index (κ3) is 3.30. The van der Waals surface area contributed by atoms with Gasteiger partial charge in [-0.15, -0.1) is 0 Å². The average Bonchev–Trinajstić information content (AvgIpc) is 3.34. The Morgan fingerprint density at radius 1 is 1.06 bits per heavy atom. The lowest BCUT2D eigenvalue weighted by Gasteiger charge is -2.10. The largest absolute Gasteiger partial charge is 0.497 e. The number of carbonyl (C=O) groups is 1. The minimum atomic E-state index is -0.124. The van der Waals surface area contributed by atoms with Crippen molar-refractivity contribution in [3.63, 3.8) is 0 Å². The zero-order chi connectivity index (χ0) is 21.5. The topological polar surface area (TPSA) is 83.1 Å². The number of hydrogen-bond donors (Lipinski definition) is 2. The molecule has 0 saturated heterocycles. The number of amides is 1. The van der Waals surface area contributed by atoms with Crippen molar-refractivity contribution in [2.24, 2.45) is 0 Å². The molecule has 0 fully saturated rings. The second kappa shape index (κ2) is 7.28. The van der Waals surface area contributed by atoms with E-state index in [2.05, 4.69) is 20.5 Å². The van der Waals surface area contributed by atoms with Crippen molar-refractivity contribution in [3.05, 3.63) is 65.9 Å². The third-order valence-corrected chi connectivity index (χ3v) is 5.39. The maximum absolute atomic E-state index is 12.5. The molecule has 2 N–H and O–H groups in total. The molecule has 1 aliphatic rings.